The zero-order valence-corrected chi connectivity index (χ0v) is 17.7. The highest BCUT2D eigenvalue weighted by molar-refractivity contribution is 6.35. The van der Waals surface area contributed by atoms with Gasteiger partial charge in [0, 0.05) is 44.8 Å². The molecule has 4 aromatic rings. The van der Waals surface area contributed by atoms with Crippen molar-refractivity contribution in [2.45, 2.75) is 5.92 Å². The van der Waals surface area contributed by atoms with Gasteiger partial charge in [-0.3, -0.25) is 4.98 Å². The largest absolute Gasteiger partial charge is 0.360 e. The zero-order chi connectivity index (χ0) is 21.4. The van der Waals surface area contributed by atoms with Crippen LogP contribution in [0, 0.1) is 11.3 Å². The number of rotatable bonds is 3. The third-order valence-electron chi connectivity index (χ3n) is 5.39. The molecule has 0 aliphatic carbocycles. The Balaban J connectivity index is 1.75. The van der Waals surface area contributed by atoms with Crippen LogP contribution >= 0.6 is 23.2 Å². The summed E-state index contributed by atoms with van der Waals surface area (Å²) in [5.74, 6) is -0.350. The van der Waals surface area contributed by atoms with Crippen molar-refractivity contribution in [3.63, 3.8) is 0 Å². The van der Waals surface area contributed by atoms with Crippen molar-refractivity contribution in [1.29, 1.82) is 5.26 Å². The van der Waals surface area contributed by atoms with Crippen molar-refractivity contribution < 1.29 is 0 Å². The van der Waals surface area contributed by atoms with Gasteiger partial charge in [0.25, 0.3) is 0 Å². The predicted octanol–water partition coefficient (Wildman–Crippen LogP) is 6.53. The lowest BCUT2D eigenvalue weighted by Gasteiger charge is -2.26. The van der Waals surface area contributed by atoms with Gasteiger partial charge in [-0.25, -0.2) is 0 Å². The Labute approximate surface area is 189 Å². The standard InChI is InChI=1S/C25H16Cl2N4/c26-15-8-9-16(21(27)11-15)18-12-24(23-7-3-4-10-29-23)31-25(19(18)13-28)20-14-30-22-6-2-1-5-17(20)22/h1-12,14,18,30-31H. The number of para-hydroxylation sites is 1. The van der Waals surface area contributed by atoms with Crippen LogP contribution in [0.2, 0.25) is 10.0 Å². The Morgan fingerprint density at radius 3 is 2.61 bits per heavy atom. The molecule has 6 heteroatoms. The SMILES string of the molecule is N#CC1=C(c2c[nH]c3ccccc23)NC(c2ccccn2)=CC1c1ccc(Cl)cc1Cl. The third-order valence-corrected chi connectivity index (χ3v) is 5.95. The minimum absolute atomic E-state index is 0.350. The Morgan fingerprint density at radius 2 is 1.84 bits per heavy atom. The Kier molecular flexibility index (Phi) is 4.99. The van der Waals surface area contributed by atoms with Gasteiger partial charge in [-0.05, 0) is 42.0 Å². The lowest BCUT2D eigenvalue weighted by atomic mass is 9.85. The van der Waals surface area contributed by atoms with E-state index >= 15 is 0 Å². The number of dihydropyridines is 1. The molecule has 4 nitrogen and oxygen atoms in total. The van der Waals surface area contributed by atoms with Gasteiger partial charge in [0.15, 0.2) is 0 Å². The summed E-state index contributed by atoms with van der Waals surface area (Å²) >= 11 is 12.7. The number of aromatic nitrogens is 2. The van der Waals surface area contributed by atoms with E-state index in [4.69, 9.17) is 23.2 Å². The lowest BCUT2D eigenvalue weighted by molar-refractivity contribution is 0.972. The summed E-state index contributed by atoms with van der Waals surface area (Å²) in [6.45, 7) is 0. The molecule has 0 amide bonds. The summed E-state index contributed by atoms with van der Waals surface area (Å²) in [5, 5.41) is 15.8. The van der Waals surface area contributed by atoms with Crippen LogP contribution in [0.4, 0.5) is 0 Å². The maximum atomic E-state index is 10.2. The molecule has 0 saturated heterocycles. The van der Waals surface area contributed by atoms with Crippen molar-refractivity contribution in [3.8, 4) is 6.07 Å². The van der Waals surface area contributed by atoms with E-state index in [-0.39, 0.29) is 5.92 Å². The van der Waals surface area contributed by atoms with Gasteiger partial charge < -0.3 is 10.3 Å². The number of fused-ring (bicyclic) bond motifs is 1. The molecule has 1 aliphatic heterocycles. The molecule has 150 valence electrons. The summed E-state index contributed by atoms with van der Waals surface area (Å²) < 4.78 is 0. The maximum absolute atomic E-state index is 10.2. The minimum Gasteiger partial charge on any atom is -0.360 e. The first-order valence-electron chi connectivity index (χ1n) is 9.71. The van der Waals surface area contributed by atoms with Crippen molar-refractivity contribution in [1.82, 2.24) is 15.3 Å². The predicted molar refractivity (Wildman–Crippen MR) is 125 cm³/mol. The normalized spacial score (nSPS) is 16.0. The fraction of sp³-hybridized carbons (Fsp3) is 0.0400. The average Bonchev–Trinajstić information content (AvgIpc) is 3.23. The number of hydrogen-bond donors (Lipinski definition) is 2. The highest BCUT2D eigenvalue weighted by Crippen LogP contribution is 2.41. The van der Waals surface area contributed by atoms with Crippen LogP contribution in [0.5, 0.6) is 0 Å². The molecule has 0 spiro atoms. The van der Waals surface area contributed by atoms with E-state index in [1.54, 1.807) is 18.3 Å². The maximum Gasteiger partial charge on any atom is 0.0979 e. The molecular formula is C25H16Cl2N4. The molecule has 2 aromatic carbocycles. The van der Waals surface area contributed by atoms with Crippen LogP contribution in [-0.2, 0) is 0 Å². The number of halogens is 2. The van der Waals surface area contributed by atoms with E-state index in [1.807, 2.05) is 60.8 Å². The van der Waals surface area contributed by atoms with Crippen molar-refractivity contribution in [2.24, 2.45) is 0 Å². The summed E-state index contributed by atoms with van der Waals surface area (Å²) in [5.41, 5.74) is 5.65. The fourth-order valence-electron chi connectivity index (χ4n) is 3.94. The Bertz CT molecular complexity index is 1390. The molecular weight excluding hydrogens is 427 g/mol. The van der Waals surface area contributed by atoms with E-state index < -0.39 is 0 Å². The molecule has 5 rings (SSSR count). The number of nitriles is 1. The van der Waals surface area contributed by atoms with Crippen molar-refractivity contribution >= 4 is 45.5 Å². The topological polar surface area (TPSA) is 64.5 Å². The first-order valence-corrected chi connectivity index (χ1v) is 10.5. The van der Waals surface area contributed by atoms with Crippen LogP contribution in [0.3, 0.4) is 0 Å². The monoisotopic (exact) mass is 442 g/mol. The van der Waals surface area contributed by atoms with Gasteiger partial charge in [-0.2, -0.15) is 5.26 Å². The summed E-state index contributed by atoms with van der Waals surface area (Å²) in [6, 6.07) is 21.5. The molecule has 2 aromatic heterocycles. The van der Waals surface area contributed by atoms with Crippen LogP contribution in [0.15, 0.2) is 84.7 Å². The number of H-pyrrole nitrogens is 1. The minimum atomic E-state index is -0.350. The molecule has 0 radical (unpaired) electrons. The number of benzene rings is 2. The number of pyridine rings is 1. The summed E-state index contributed by atoms with van der Waals surface area (Å²) in [7, 11) is 0. The van der Waals surface area contributed by atoms with Crippen molar-refractivity contribution in [2.75, 3.05) is 0 Å². The molecule has 0 fully saturated rings. The molecule has 1 atom stereocenters. The molecule has 1 unspecified atom stereocenters. The van der Waals surface area contributed by atoms with Gasteiger partial charge in [-0.1, -0.05) is 53.5 Å². The summed E-state index contributed by atoms with van der Waals surface area (Å²) in [4.78, 5) is 7.79. The van der Waals surface area contributed by atoms with E-state index in [1.165, 1.54) is 0 Å². The highest BCUT2D eigenvalue weighted by atomic mass is 35.5. The van der Waals surface area contributed by atoms with E-state index in [2.05, 4.69) is 21.4 Å². The lowest BCUT2D eigenvalue weighted by Crippen LogP contribution is -2.21. The second kappa shape index (κ2) is 7.96. The number of nitrogens with zero attached hydrogens (tertiary/aromatic N) is 2. The van der Waals surface area contributed by atoms with Gasteiger partial charge in [0.1, 0.15) is 0 Å². The van der Waals surface area contributed by atoms with Crippen molar-refractivity contribution in [3.05, 3.63) is 112 Å². The second-order valence-corrected chi connectivity index (χ2v) is 8.06. The van der Waals surface area contributed by atoms with E-state index in [9.17, 15) is 5.26 Å². The second-order valence-electron chi connectivity index (χ2n) is 7.21. The number of hydrogen-bond acceptors (Lipinski definition) is 3. The third kappa shape index (κ3) is 3.48. The molecule has 0 saturated carbocycles. The Hall–Kier alpha value is -3.52. The smallest absolute Gasteiger partial charge is 0.0979 e. The van der Waals surface area contributed by atoms with Gasteiger partial charge in [0.05, 0.1) is 28.7 Å². The first-order chi connectivity index (χ1) is 15.2. The number of aromatic amines is 1. The molecule has 0 bridgehead atoms. The quantitative estimate of drug-likeness (QED) is 0.378. The number of nitrogens with one attached hydrogen (secondary N) is 2. The zero-order valence-electron chi connectivity index (χ0n) is 16.2. The Morgan fingerprint density at radius 1 is 1.00 bits per heavy atom. The van der Waals surface area contributed by atoms with E-state index in [0.717, 1.165) is 39.1 Å². The number of allylic oxidation sites excluding steroid dienone is 2. The fourth-order valence-corrected chi connectivity index (χ4v) is 4.46. The molecule has 31 heavy (non-hydrogen) atoms. The van der Waals surface area contributed by atoms with E-state index in [0.29, 0.717) is 15.6 Å². The van der Waals surface area contributed by atoms with Crippen LogP contribution in [-0.4, -0.2) is 9.97 Å². The molecule has 2 N–H and O–H groups in total. The molecule has 3 heterocycles. The van der Waals surface area contributed by atoms with Crippen LogP contribution in [0.1, 0.15) is 22.7 Å². The van der Waals surface area contributed by atoms with Crippen LogP contribution in [0.25, 0.3) is 22.3 Å². The molecule has 1 aliphatic rings. The highest BCUT2D eigenvalue weighted by Gasteiger charge is 2.29. The van der Waals surface area contributed by atoms with Crippen LogP contribution < -0.4 is 5.32 Å². The average molecular weight is 443 g/mol. The van der Waals surface area contributed by atoms with Gasteiger partial charge in [0.2, 0.25) is 0 Å². The summed E-state index contributed by atoms with van der Waals surface area (Å²) in [6.07, 6.45) is 5.66. The van der Waals surface area contributed by atoms with Gasteiger partial charge in [-0.15, -0.1) is 0 Å². The first kappa shape index (κ1) is 19.4. The van der Waals surface area contributed by atoms with Gasteiger partial charge >= 0.3 is 0 Å².